The summed E-state index contributed by atoms with van der Waals surface area (Å²) in [7, 11) is -3.26. The van der Waals surface area contributed by atoms with Gasteiger partial charge in [0, 0.05) is 13.1 Å². The summed E-state index contributed by atoms with van der Waals surface area (Å²) in [6.45, 7) is 4.89. The molecule has 0 spiro atoms. The van der Waals surface area contributed by atoms with Gasteiger partial charge in [0.05, 0.1) is 5.75 Å². The Kier molecular flexibility index (Phi) is 5.39. The highest BCUT2D eigenvalue weighted by atomic mass is 32.2. The summed E-state index contributed by atoms with van der Waals surface area (Å²) in [5.41, 5.74) is 0. The van der Waals surface area contributed by atoms with Crippen LogP contribution in [0.3, 0.4) is 0 Å². The number of hydrogen-bond donors (Lipinski definition) is 1. The summed E-state index contributed by atoms with van der Waals surface area (Å²) in [6.07, 6.45) is 2.86. The first-order chi connectivity index (χ1) is 8.03. The fourth-order valence-electron chi connectivity index (χ4n) is 2.08. The Morgan fingerprint density at radius 1 is 1.35 bits per heavy atom. The Morgan fingerprint density at radius 3 is 2.65 bits per heavy atom. The van der Waals surface area contributed by atoms with E-state index in [2.05, 4.69) is 5.32 Å². The lowest BCUT2D eigenvalue weighted by atomic mass is 10.2. The number of carbonyl (C=O) groups excluding carboxylic acids is 1. The summed E-state index contributed by atoms with van der Waals surface area (Å²) < 4.78 is 25.3. The molecule has 100 valence electrons. The molecule has 6 heteroatoms. The Morgan fingerprint density at radius 2 is 2.06 bits per heavy atom. The van der Waals surface area contributed by atoms with Gasteiger partial charge in [-0.25, -0.2) is 8.42 Å². The van der Waals surface area contributed by atoms with Gasteiger partial charge in [-0.1, -0.05) is 13.8 Å². The third-order valence-corrected chi connectivity index (χ3v) is 4.95. The van der Waals surface area contributed by atoms with Gasteiger partial charge in [-0.2, -0.15) is 4.31 Å². The second-order valence-corrected chi connectivity index (χ2v) is 6.42. The van der Waals surface area contributed by atoms with Gasteiger partial charge in [-0.3, -0.25) is 4.79 Å². The minimum Gasteiger partial charge on any atom is -0.355 e. The van der Waals surface area contributed by atoms with Crippen LogP contribution in [0.1, 0.15) is 39.5 Å². The van der Waals surface area contributed by atoms with E-state index < -0.39 is 16.1 Å². The first-order valence-electron chi connectivity index (χ1n) is 6.30. The van der Waals surface area contributed by atoms with Gasteiger partial charge in [0.1, 0.15) is 6.04 Å². The van der Waals surface area contributed by atoms with Crippen molar-refractivity contribution in [3.8, 4) is 0 Å². The van der Waals surface area contributed by atoms with Crippen molar-refractivity contribution >= 4 is 15.9 Å². The molecule has 1 fully saturated rings. The predicted molar refractivity (Wildman–Crippen MR) is 67.1 cm³/mol. The van der Waals surface area contributed by atoms with Crippen LogP contribution in [-0.4, -0.2) is 43.5 Å². The van der Waals surface area contributed by atoms with Crippen molar-refractivity contribution in [1.29, 1.82) is 0 Å². The van der Waals surface area contributed by atoms with Crippen LogP contribution in [-0.2, 0) is 14.8 Å². The summed E-state index contributed by atoms with van der Waals surface area (Å²) in [6, 6.07) is -0.488. The topological polar surface area (TPSA) is 66.5 Å². The lowest BCUT2D eigenvalue weighted by molar-refractivity contribution is -0.124. The van der Waals surface area contributed by atoms with Crippen LogP contribution >= 0.6 is 0 Å². The number of sulfonamides is 1. The van der Waals surface area contributed by atoms with Gasteiger partial charge in [-0.05, 0) is 25.7 Å². The maximum Gasteiger partial charge on any atom is 0.238 e. The van der Waals surface area contributed by atoms with Gasteiger partial charge in [0.25, 0.3) is 0 Å². The van der Waals surface area contributed by atoms with Crippen molar-refractivity contribution in [2.24, 2.45) is 0 Å². The second kappa shape index (κ2) is 6.35. The van der Waals surface area contributed by atoms with Crippen LogP contribution in [0.2, 0.25) is 0 Å². The maximum atomic E-state index is 12.0. The molecule has 0 aromatic heterocycles. The molecule has 5 nitrogen and oxygen atoms in total. The lowest BCUT2D eigenvalue weighted by Gasteiger charge is -2.23. The fraction of sp³-hybridized carbons (Fsp3) is 0.909. The normalized spacial score (nSPS) is 21.6. The van der Waals surface area contributed by atoms with Crippen molar-refractivity contribution in [1.82, 2.24) is 9.62 Å². The van der Waals surface area contributed by atoms with Crippen molar-refractivity contribution in [2.75, 3.05) is 18.8 Å². The van der Waals surface area contributed by atoms with E-state index in [1.54, 1.807) is 0 Å². The molecule has 1 aliphatic heterocycles. The molecule has 0 bridgehead atoms. The van der Waals surface area contributed by atoms with E-state index in [9.17, 15) is 13.2 Å². The van der Waals surface area contributed by atoms with Crippen LogP contribution in [0, 0.1) is 0 Å². The smallest absolute Gasteiger partial charge is 0.238 e. The molecule has 0 saturated carbocycles. The standard InChI is InChI=1S/C11H22N2O3S/c1-3-7-12-11(14)10-6-5-8-13(10)17(15,16)9-4-2/h10H,3-9H2,1-2H3,(H,12,14). The molecule has 0 aliphatic carbocycles. The van der Waals surface area contributed by atoms with Crippen LogP contribution in [0.15, 0.2) is 0 Å². The molecule has 1 heterocycles. The molecule has 1 aliphatic rings. The largest absolute Gasteiger partial charge is 0.355 e. The van der Waals surface area contributed by atoms with Crippen molar-refractivity contribution in [2.45, 2.75) is 45.6 Å². The maximum absolute atomic E-state index is 12.0. The minimum atomic E-state index is -3.26. The zero-order chi connectivity index (χ0) is 12.9. The van der Waals surface area contributed by atoms with E-state index in [0.717, 1.165) is 12.8 Å². The molecule has 1 atom stereocenters. The van der Waals surface area contributed by atoms with E-state index in [1.807, 2.05) is 13.8 Å². The molecule has 1 amide bonds. The number of rotatable bonds is 6. The van der Waals surface area contributed by atoms with Gasteiger partial charge in [-0.15, -0.1) is 0 Å². The zero-order valence-electron chi connectivity index (χ0n) is 10.6. The van der Waals surface area contributed by atoms with Gasteiger partial charge in [0.2, 0.25) is 15.9 Å². The van der Waals surface area contributed by atoms with Crippen LogP contribution in [0.25, 0.3) is 0 Å². The minimum absolute atomic E-state index is 0.130. The quantitative estimate of drug-likeness (QED) is 0.767. The number of amides is 1. The SMILES string of the molecule is CCCNC(=O)C1CCCN1S(=O)(=O)CCC. The highest BCUT2D eigenvalue weighted by Gasteiger charge is 2.37. The number of hydrogen-bond acceptors (Lipinski definition) is 3. The van der Waals surface area contributed by atoms with Gasteiger partial charge in [0.15, 0.2) is 0 Å². The summed E-state index contributed by atoms with van der Waals surface area (Å²) in [4.78, 5) is 11.8. The monoisotopic (exact) mass is 262 g/mol. The predicted octanol–water partition coefficient (Wildman–Crippen LogP) is 0.717. The average molecular weight is 262 g/mol. The first-order valence-corrected chi connectivity index (χ1v) is 7.91. The second-order valence-electron chi connectivity index (χ2n) is 4.38. The molecule has 1 N–H and O–H groups in total. The molecule has 1 unspecified atom stereocenters. The summed E-state index contributed by atoms with van der Waals surface area (Å²) >= 11 is 0. The van der Waals surface area contributed by atoms with Crippen molar-refractivity contribution in [3.05, 3.63) is 0 Å². The Balaban J connectivity index is 2.69. The van der Waals surface area contributed by atoms with Crippen LogP contribution in [0.4, 0.5) is 0 Å². The van der Waals surface area contributed by atoms with Crippen molar-refractivity contribution in [3.63, 3.8) is 0 Å². The third kappa shape index (κ3) is 3.67. The molecule has 0 aromatic carbocycles. The first kappa shape index (κ1) is 14.4. The van der Waals surface area contributed by atoms with E-state index in [1.165, 1.54) is 4.31 Å². The fourth-order valence-corrected chi connectivity index (χ4v) is 3.82. The lowest BCUT2D eigenvalue weighted by Crippen LogP contribution is -2.46. The molecule has 1 rings (SSSR count). The molecular weight excluding hydrogens is 240 g/mol. The van der Waals surface area contributed by atoms with E-state index in [4.69, 9.17) is 0 Å². The molecule has 17 heavy (non-hydrogen) atoms. The van der Waals surface area contributed by atoms with E-state index in [-0.39, 0.29) is 11.7 Å². The van der Waals surface area contributed by atoms with E-state index >= 15 is 0 Å². The van der Waals surface area contributed by atoms with E-state index in [0.29, 0.717) is 25.9 Å². The highest BCUT2D eigenvalue weighted by molar-refractivity contribution is 7.89. The van der Waals surface area contributed by atoms with Gasteiger partial charge >= 0.3 is 0 Å². The number of carbonyl (C=O) groups is 1. The molecular formula is C11H22N2O3S. The summed E-state index contributed by atoms with van der Waals surface area (Å²) in [5, 5.41) is 2.77. The molecule has 1 saturated heterocycles. The number of nitrogens with one attached hydrogen (secondary N) is 1. The molecule has 0 aromatic rings. The van der Waals surface area contributed by atoms with Gasteiger partial charge < -0.3 is 5.32 Å². The molecule has 0 radical (unpaired) electrons. The number of nitrogens with zero attached hydrogens (tertiary/aromatic N) is 1. The Hall–Kier alpha value is -0.620. The zero-order valence-corrected chi connectivity index (χ0v) is 11.4. The average Bonchev–Trinajstić information content (AvgIpc) is 2.75. The van der Waals surface area contributed by atoms with Crippen molar-refractivity contribution < 1.29 is 13.2 Å². The van der Waals surface area contributed by atoms with Crippen LogP contribution < -0.4 is 5.32 Å². The summed E-state index contributed by atoms with van der Waals surface area (Å²) in [5.74, 6) is -0.0195. The Labute approximate surface area is 104 Å². The van der Waals surface area contributed by atoms with Crippen LogP contribution in [0.5, 0.6) is 0 Å². The third-order valence-electron chi connectivity index (χ3n) is 2.87. The highest BCUT2D eigenvalue weighted by Crippen LogP contribution is 2.21. The Bertz CT molecular complexity index is 354.